The largest absolute Gasteiger partial charge is 0.508 e. The zero-order valence-electron chi connectivity index (χ0n) is 30.9. The Labute approximate surface area is 315 Å². The minimum absolute atomic E-state index is 0.0191. The number of rotatable bonds is 11. The smallest absolute Gasteiger partial charge is 0.255 e. The van der Waals surface area contributed by atoms with Crippen molar-refractivity contribution in [1.82, 2.24) is 20.9 Å². The maximum absolute atomic E-state index is 14.3. The molecule has 284 valence electrons. The zero-order chi connectivity index (χ0) is 38.5. The van der Waals surface area contributed by atoms with Gasteiger partial charge in [0.1, 0.15) is 30.2 Å². The van der Waals surface area contributed by atoms with Gasteiger partial charge in [-0.1, -0.05) is 60.7 Å². The number of hydrogen-bond donors (Lipinski definition) is 4. The molecule has 54 heavy (non-hydrogen) atoms. The Balaban J connectivity index is 1.37. The van der Waals surface area contributed by atoms with Crippen molar-refractivity contribution in [3.63, 3.8) is 0 Å². The molecular formula is C42H48N4O8. The number of phenolic OH excluding ortho intramolecular Hbond substituents is 1. The molecule has 0 aliphatic carbocycles. The van der Waals surface area contributed by atoms with Crippen molar-refractivity contribution in [2.45, 2.75) is 56.7 Å². The van der Waals surface area contributed by atoms with Gasteiger partial charge in [-0.3, -0.25) is 19.2 Å². The molecule has 0 aromatic heterocycles. The molecule has 0 saturated heterocycles. The Hall–Kier alpha value is -6.04. The number of aromatic hydroxyl groups is 1. The number of aryl methyl sites for hydroxylation is 1. The van der Waals surface area contributed by atoms with Crippen molar-refractivity contribution < 1.29 is 38.5 Å². The van der Waals surface area contributed by atoms with Gasteiger partial charge in [0, 0.05) is 26.4 Å². The third-order valence-electron chi connectivity index (χ3n) is 9.45. The van der Waals surface area contributed by atoms with Gasteiger partial charge in [0.25, 0.3) is 5.91 Å². The third-order valence-corrected chi connectivity index (χ3v) is 9.45. The van der Waals surface area contributed by atoms with Gasteiger partial charge in [0.15, 0.2) is 11.5 Å². The summed E-state index contributed by atoms with van der Waals surface area (Å²) in [5.41, 5.74) is 2.94. The van der Waals surface area contributed by atoms with Gasteiger partial charge in [0.05, 0.1) is 25.8 Å². The second kappa shape index (κ2) is 19.2. The van der Waals surface area contributed by atoms with Crippen LogP contribution in [0.2, 0.25) is 0 Å². The number of methoxy groups -OCH3 is 2. The first kappa shape index (κ1) is 39.2. The summed E-state index contributed by atoms with van der Waals surface area (Å²) in [6.07, 6.45) is 1.72. The van der Waals surface area contributed by atoms with Gasteiger partial charge in [-0.2, -0.15) is 0 Å². The van der Waals surface area contributed by atoms with Gasteiger partial charge in [-0.25, -0.2) is 0 Å². The van der Waals surface area contributed by atoms with E-state index in [9.17, 15) is 24.3 Å². The number of carbonyl (C=O) groups is 4. The van der Waals surface area contributed by atoms with Crippen LogP contribution in [0.3, 0.4) is 0 Å². The number of carbonyl (C=O) groups excluding carboxylic acids is 4. The van der Waals surface area contributed by atoms with E-state index in [1.54, 1.807) is 62.6 Å². The van der Waals surface area contributed by atoms with Crippen LogP contribution in [-0.2, 0) is 33.6 Å². The molecule has 3 atom stereocenters. The third kappa shape index (κ3) is 10.8. The number of nitrogens with one attached hydrogen (secondary N) is 3. The highest BCUT2D eigenvalue weighted by Gasteiger charge is 2.31. The Bertz CT molecular complexity index is 1890. The van der Waals surface area contributed by atoms with E-state index < -0.39 is 35.8 Å². The summed E-state index contributed by atoms with van der Waals surface area (Å²) in [5, 5.41) is 18.5. The fourth-order valence-corrected chi connectivity index (χ4v) is 6.36. The SMILES string of the molecule is COc1ccc(CCCNC(=O)[C@@H]2CCC(=O)N[C@@H](Cc3ccc(O)cc3)C(=O)N(C)[C@H](Cc3ccccc3)COc3ccccc3C(=O)N2)cc1OC. The van der Waals surface area contributed by atoms with Gasteiger partial charge in [0.2, 0.25) is 17.7 Å². The number of ether oxygens (including phenoxy) is 3. The van der Waals surface area contributed by atoms with Crippen molar-refractivity contribution >= 4 is 23.6 Å². The highest BCUT2D eigenvalue weighted by atomic mass is 16.5. The van der Waals surface area contributed by atoms with E-state index in [4.69, 9.17) is 14.2 Å². The van der Waals surface area contributed by atoms with Crippen LogP contribution in [0.25, 0.3) is 0 Å². The van der Waals surface area contributed by atoms with Crippen LogP contribution >= 0.6 is 0 Å². The van der Waals surface area contributed by atoms with Crippen LogP contribution in [0.15, 0.2) is 97.1 Å². The lowest BCUT2D eigenvalue weighted by molar-refractivity contribution is -0.137. The molecule has 1 aliphatic rings. The van der Waals surface area contributed by atoms with Gasteiger partial charge in [-0.05, 0) is 78.8 Å². The summed E-state index contributed by atoms with van der Waals surface area (Å²) < 4.78 is 17.0. The number of para-hydroxylation sites is 1. The molecular weight excluding hydrogens is 688 g/mol. The molecule has 4 amide bonds. The number of hydrogen-bond acceptors (Lipinski definition) is 8. The van der Waals surface area contributed by atoms with Gasteiger partial charge < -0.3 is 40.2 Å². The summed E-state index contributed by atoms with van der Waals surface area (Å²) in [6.45, 7) is 0.370. The van der Waals surface area contributed by atoms with E-state index in [0.29, 0.717) is 43.1 Å². The first-order chi connectivity index (χ1) is 26.1. The second-order valence-corrected chi connectivity index (χ2v) is 13.2. The fourth-order valence-electron chi connectivity index (χ4n) is 6.36. The molecule has 4 aromatic rings. The number of benzene rings is 4. The van der Waals surface area contributed by atoms with E-state index >= 15 is 0 Å². The van der Waals surface area contributed by atoms with Gasteiger partial charge >= 0.3 is 0 Å². The molecule has 1 aliphatic heterocycles. The summed E-state index contributed by atoms with van der Waals surface area (Å²) in [4.78, 5) is 56.7. The van der Waals surface area contributed by atoms with Gasteiger partial charge in [-0.15, -0.1) is 0 Å². The summed E-state index contributed by atoms with van der Waals surface area (Å²) in [5.74, 6) is -0.125. The number of fused-ring (bicyclic) bond motifs is 1. The lowest BCUT2D eigenvalue weighted by Crippen LogP contribution is -2.53. The molecule has 0 saturated carbocycles. The van der Waals surface area contributed by atoms with Crippen LogP contribution in [0.4, 0.5) is 0 Å². The molecule has 12 heteroatoms. The molecule has 0 radical (unpaired) electrons. The molecule has 0 spiro atoms. The first-order valence-corrected chi connectivity index (χ1v) is 18.0. The van der Waals surface area contributed by atoms with E-state index in [1.807, 2.05) is 48.5 Å². The molecule has 4 N–H and O–H groups in total. The van der Waals surface area contributed by atoms with Crippen molar-refractivity contribution in [1.29, 1.82) is 0 Å². The highest BCUT2D eigenvalue weighted by molar-refractivity contribution is 6.00. The lowest BCUT2D eigenvalue weighted by Gasteiger charge is -2.32. The molecule has 0 unspecified atom stereocenters. The number of phenols is 1. The molecule has 5 rings (SSSR count). The van der Waals surface area contributed by atoms with Crippen molar-refractivity contribution in [3.8, 4) is 23.0 Å². The average molecular weight is 737 g/mol. The minimum atomic E-state index is -1.05. The second-order valence-electron chi connectivity index (χ2n) is 13.2. The standard InChI is InChI=1S/C42H48N4O8/c1-46-31(24-28-10-5-4-6-11-28)27-54-36-14-8-7-13-33(36)40(49)45-34(41(50)43-23-9-12-29-17-21-37(52-2)38(26-29)53-3)20-22-39(48)44-35(42(46)51)25-30-15-18-32(47)19-16-30/h4-8,10-11,13-19,21,26,31,34-35,47H,9,12,20,22-25,27H2,1-3H3,(H,43,50)(H,44,48)(H,45,49)/t31-,34+,35+/m1/s1. The van der Waals surface area contributed by atoms with Crippen LogP contribution in [0.5, 0.6) is 23.0 Å². The van der Waals surface area contributed by atoms with E-state index in [2.05, 4.69) is 16.0 Å². The van der Waals surface area contributed by atoms with Crippen LogP contribution in [-0.4, -0.2) is 86.2 Å². The summed E-state index contributed by atoms with van der Waals surface area (Å²) in [7, 11) is 4.83. The monoisotopic (exact) mass is 736 g/mol. The Morgan fingerprint density at radius 1 is 0.852 bits per heavy atom. The Morgan fingerprint density at radius 2 is 1.54 bits per heavy atom. The van der Waals surface area contributed by atoms with Crippen LogP contribution < -0.4 is 30.2 Å². The Morgan fingerprint density at radius 3 is 2.28 bits per heavy atom. The average Bonchev–Trinajstić information content (AvgIpc) is 3.19. The normalized spacial score (nSPS) is 18.2. The molecule has 1 heterocycles. The van der Waals surface area contributed by atoms with E-state index in [0.717, 1.165) is 16.7 Å². The van der Waals surface area contributed by atoms with Crippen molar-refractivity contribution in [2.75, 3.05) is 34.4 Å². The summed E-state index contributed by atoms with van der Waals surface area (Å²) >= 11 is 0. The number of likely N-dealkylation sites (N-methyl/N-ethyl adjacent to an activating group) is 1. The topological polar surface area (TPSA) is 156 Å². The molecule has 4 aromatic carbocycles. The predicted molar refractivity (Wildman–Crippen MR) is 204 cm³/mol. The van der Waals surface area contributed by atoms with E-state index in [1.165, 1.54) is 12.1 Å². The molecule has 0 fully saturated rings. The quantitative estimate of drug-likeness (QED) is 0.167. The predicted octanol–water partition coefficient (Wildman–Crippen LogP) is 4.23. The molecule has 12 nitrogen and oxygen atoms in total. The first-order valence-electron chi connectivity index (χ1n) is 18.0. The number of nitrogens with zero attached hydrogens (tertiary/aromatic N) is 1. The van der Waals surface area contributed by atoms with E-state index in [-0.39, 0.29) is 43.1 Å². The Kier molecular flexibility index (Phi) is 13.9. The maximum Gasteiger partial charge on any atom is 0.255 e. The number of amides is 4. The lowest BCUT2D eigenvalue weighted by atomic mass is 10.0. The van der Waals surface area contributed by atoms with Crippen LogP contribution in [0, 0.1) is 0 Å². The van der Waals surface area contributed by atoms with Crippen molar-refractivity contribution in [3.05, 3.63) is 119 Å². The maximum atomic E-state index is 14.3. The van der Waals surface area contributed by atoms with Crippen molar-refractivity contribution in [2.24, 2.45) is 0 Å². The molecule has 0 bridgehead atoms. The van der Waals surface area contributed by atoms with Crippen LogP contribution in [0.1, 0.15) is 46.3 Å². The highest BCUT2D eigenvalue weighted by Crippen LogP contribution is 2.28. The minimum Gasteiger partial charge on any atom is -0.508 e. The zero-order valence-corrected chi connectivity index (χ0v) is 30.9. The summed E-state index contributed by atoms with van der Waals surface area (Å²) in [6, 6.07) is 26.1. The fraction of sp³-hybridized carbons (Fsp3) is 0.333.